The molecule has 0 aliphatic carbocycles. The first-order valence-electron chi connectivity index (χ1n) is 15.3. The fourth-order valence-electron chi connectivity index (χ4n) is 4.54. The van der Waals surface area contributed by atoms with Crippen molar-refractivity contribution in [1.82, 2.24) is 15.3 Å². The molecule has 5 N–H and O–H groups in total. The van der Waals surface area contributed by atoms with E-state index in [1.165, 1.54) is 6.07 Å². The Morgan fingerprint density at radius 1 is 0.933 bits per heavy atom. The number of unbranched alkanes of at least 4 members (excludes halogenated alkanes) is 4. The average Bonchev–Trinajstić information content (AvgIpc) is 3.53. The lowest BCUT2D eigenvalue weighted by Gasteiger charge is -2.10. The van der Waals surface area contributed by atoms with Crippen molar-refractivity contribution in [3.8, 4) is 22.9 Å². The maximum atomic E-state index is 14.0. The monoisotopic (exact) mass is 615 g/mol. The molecule has 0 bridgehead atoms. The molecule has 45 heavy (non-hydrogen) atoms. The third kappa shape index (κ3) is 11.1. The lowest BCUT2D eigenvalue weighted by atomic mass is 10.2. The fourth-order valence-corrected chi connectivity index (χ4v) is 4.54. The fraction of sp³-hybridized carbons (Fsp3) is 0.314. The van der Waals surface area contributed by atoms with Crippen LogP contribution in [0.1, 0.15) is 49.7 Å². The number of anilines is 2. The molecule has 2 heterocycles. The molecule has 2 aromatic carbocycles. The van der Waals surface area contributed by atoms with Crippen molar-refractivity contribution in [2.24, 2.45) is 0 Å². The van der Waals surface area contributed by atoms with Gasteiger partial charge in [-0.05, 0) is 99.5 Å². The molecule has 0 atom stereocenters. The van der Waals surface area contributed by atoms with Gasteiger partial charge in [-0.3, -0.25) is 4.98 Å². The van der Waals surface area contributed by atoms with Crippen LogP contribution in [0.5, 0.6) is 11.5 Å². The molecule has 0 unspecified atom stereocenters. The highest BCUT2D eigenvalue weighted by molar-refractivity contribution is 5.99. The Morgan fingerprint density at radius 3 is 2.49 bits per heavy atom. The van der Waals surface area contributed by atoms with Crippen molar-refractivity contribution in [2.45, 2.75) is 45.4 Å². The first-order chi connectivity index (χ1) is 21.9. The van der Waals surface area contributed by atoms with Crippen LogP contribution >= 0.6 is 0 Å². The molecule has 4 aromatic rings. The Bertz CT molecular complexity index is 1520. The van der Waals surface area contributed by atoms with Crippen LogP contribution in [0.3, 0.4) is 0 Å². The minimum Gasteiger partial charge on any atom is -0.457 e. The second-order valence-electron chi connectivity index (χ2n) is 10.7. The number of carbonyl (C=O) groups is 1. The van der Waals surface area contributed by atoms with E-state index in [1.54, 1.807) is 48.7 Å². The summed E-state index contributed by atoms with van der Waals surface area (Å²) in [5, 5.41) is 17.4. The number of carbonyl (C=O) groups excluding carboxylic acids is 1. The van der Waals surface area contributed by atoms with Gasteiger partial charge in [0.15, 0.2) is 0 Å². The zero-order chi connectivity index (χ0) is 31.9. The number of urea groups is 1. The van der Waals surface area contributed by atoms with E-state index in [0.717, 1.165) is 86.5 Å². The predicted molar refractivity (Wildman–Crippen MR) is 177 cm³/mol. The minimum atomic E-state index is -0.543. The number of hydrogen-bond acceptors (Lipinski definition) is 6. The summed E-state index contributed by atoms with van der Waals surface area (Å²) in [6.45, 7) is 8.63. The molecule has 0 aliphatic heterocycles. The van der Waals surface area contributed by atoms with E-state index in [2.05, 4.69) is 32.5 Å². The second-order valence-corrected chi connectivity index (χ2v) is 10.7. The topological polar surface area (TPSA) is 121 Å². The number of aryl methyl sites for hydroxylation is 1. The van der Waals surface area contributed by atoms with Crippen LogP contribution in [0.2, 0.25) is 0 Å². The number of aromatic nitrogens is 2. The van der Waals surface area contributed by atoms with E-state index in [-0.39, 0.29) is 12.3 Å². The highest BCUT2D eigenvalue weighted by atomic mass is 19.1. The minimum absolute atomic E-state index is 0.117. The third-order valence-corrected chi connectivity index (χ3v) is 7.01. The van der Waals surface area contributed by atoms with Crippen LogP contribution in [-0.4, -0.2) is 47.5 Å². The van der Waals surface area contributed by atoms with E-state index in [9.17, 15) is 9.18 Å². The number of aromatic amines is 1. The molecule has 238 valence electrons. The molecular weight excluding hydrogens is 573 g/mol. The highest BCUT2D eigenvalue weighted by Gasteiger charge is 2.10. The Balaban J connectivity index is 1.20. The van der Waals surface area contributed by atoms with Crippen molar-refractivity contribution in [3.05, 3.63) is 96.6 Å². The van der Waals surface area contributed by atoms with Gasteiger partial charge in [-0.2, -0.15) is 0 Å². The number of halogens is 1. The summed E-state index contributed by atoms with van der Waals surface area (Å²) in [6, 6.07) is 16.5. The molecule has 0 saturated carbocycles. The van der Waals surface area contributed by atoms with Crippen LogP contribution in [0.4, 0.5) is 20.6 Å². The SMILES string of the molecule is C=C(NCCCCCOCCCCCO)c1c[nH]c(-c2cc(Oc3ccc(NC(=O)Nc4cc(C)ccc4F)cc3)ccn2)c1. The smallest absolute Gasteiger partial charge is 0.323 e. The van der Waals surface area contributed by atoms with Crippen molar-refractivity contribution in [1.29, 1.82) is 0 Å². The van der Waals surface area contributed by atoms with Gasteiger partial charge < -0.3 is 35.5 Å². The first kappa shape index (κ1) is 33.2. The summed E-state index contributed by atoms with van der Waals surface area (Å²) in [7, 11) is 0. The Labute approximate surface area is 263 Å². The summed E-state index contributed by atoms with van der Waals surface area (Å²) in [6.07, 6.45) is 9.58. The van der Waals surface area contributed by atoms with Crippen molar-refractivity contribution in [2.75, 3.05) is 37.0 Å². The summed E-state index contributed by atoms with van der Waals surface area (Å²) < 4.78 is 25.6. The molecule has 0 radical (unpaired) electrons. The van der Waals surface area contributed by atoms with E-state index in [1.807, 2.05) is 25.3 Å². The van der Waals surface area contributed by atoms with Gasteiger partial charge in [0.25, 0.3) is 0 Å². The van der Waals surface area contributed by atoms with Gasteiger partial charge in [0.05, 0.1) is 17.1 Å². The molecule has 0 spiro atoms. The summed E-state index contributed by atoms with van der Waals surface area (Å²) in [5.74, 6) is 0.687. The number of amides is 2. The van der Waals surface area contributed by atoms with Crippen LogP contribution in [0.15, 0.2) is 79.6 Å². The van der Waals surface area contributed by atoms with Gasteiger partial charge in [-0.15, -0.1) is 0 Å². The van der Waals surface area contributed by atoms with Gasteiger partial charge >= 0.3 is 6.03 Å². The molecule has 0 fully saturated rings. The number of aliphatic hydroxyl groups excluding tert-OH is 1. The highest BCUT2D eigenvalue weighted by Crippen LogP contribution is 2.27. The zero-order valence-corrected chi connectivity index (χ0v) is 25.7. The van der Waals surface area contributed by atoms with Crippen LogP contribution < -0.4 is 20.7 Å². The number of pyridine rings is 1. The van der Waals surface area contributed by atoms with Crippen molar-refractivity contribution >= 4 is 23.1 Å². The number of ether oxygens (including phenoxy) is 2. The normalized spacial score (nSPS) is 10.8. The number of benzene rings is 2. The number of aliphatic hydroxyl groups is 1. The van der Waals surface area contributed by atoms with Gasteiger partial charge in [0.1, 0.15) is 17.3 Å². The zero-order valence-electron chi connectivity index (χ0n) is 25.7. The predicted octanol–water partition coefficient (Wildman–Crippen LogP) is 7.87. The summed E-state index contributed by atoms with van der Waals surface area (Å²) >= 11 is 0. The Kier molecular flexibility index (Phi) is 13.0. The number of rotatable bonds is 18. The van der Waals surface area contributed by atoms with Gasteiger partial charge in [0, 0.05) is 61.8 Å². The van der Waals surface area contributed by atoms with Gasteiger partial charge in [0.2, 0.25) is 0 Å². The largest absolute Gasteiger partial charge is 0.457 e. The molecule has 0 aliphatic rings. The number of nitrogens with one attached hydrogen (secondary N) is 4. The number of nitrogens with zero attached hydrogens (tertiary/aromatic N) is 1. The van der Waals surface area contributed by atoms with E-state index >= 15 is 0 Å². The van der Waals surface area contributed by atoms with Crippen LogP contribution in [0.25, 0.3) is 17.1 Å². The van der Waals surface area contributed by atoms with Crippen molar-refractivity contribution < 1.29 is 23.8 Å². The molecule has 4 rings (SSSR count). The quantitative estimate of drug-likeness (QED) is 0.0727. The first-order valence-corrected chi connectivity index (χ1v) is 15.3. The molecule has 9 nitrogen and oxygen atoms in total. The van der Waals surface area contributed by atoms with E-state index in [4.69, 9.17) is 14.6 Å². The van der Waals surface area contributed by atoms with Gasteiger partial charge in [-0.25, -0.2) is 9.18 Å². The average molecular weight is 616 g/mol. The number of H-pyrrole nitrogens is 1. The summed E-state index contributed by atoms with van der Waals surface area (Å²) in [5.41, 5.74) is 4.86. The second kappa shape index (κ2) is 17.6. The molecule has 0 saturated heterocycles. The van der Waals surface area contributed by atoms with E-state index in [0.29, 0.717) is 17.2 Å². The molecule has 2 aromatic heterocycles. The van der Waals surface area contributed by atoms with Gasteiger partial charge in [-0.1, -0.05) is 12.6 Å². The summed E-state index contributed by atoms with van der Waals surface area (Å²) in [4.78, 5) is 20.1. The van der Waals surface area contributed by atoms with Crippen LogP contribution in [0, 0.1) is 12.7 Å². The van der Waals surface area contributed by atoms with E-state index < -0.39 is 11.8 Å². The molecular formula is C35H42FN5O4. The molecule has 2 amide bonds. The van der Waals surface area contributed by atoms with Crippen LogP contribution in [-0.2, 0) is 4.74 Å². The maximum absolute atomic E-state index is 14.0. The lowest BCUT2D eigenvalue weighted by molar-refractivity contribution is 0.124. The Hall–Kier alpha value is -4.67. The lowest BCUT2D eigenvalue weighted by Crippen LogP contribution is -2.20. The molecule has 10 heteroatoms. The third-order valence-electron chi connectivity index (χ3n) is 7.01. The maximum Gasteiger partial charge on any atom is 0.323 e. The number of hydrogen-bond donors (Lipinski definition) is 5. The Morgan fingerprint density at radius 2 is 1.71 bits per heavy atom. The standard InChI is InChI=1S/C35H42FN5O4/c1-25-9-14-31(36)32(21-25)41-35(43)40-28-10-12-29(13-11-28)45-30-15-17-38-34(23-30)33-22-27(24-39-33)26(2)37-16-5-3-7-19-44-20-8-4-6-18-42/h9-15,17,21-24,37,39,42H,2-8,16,18-20H2,1H3,(H2,40,41,43). The van der Waals surface area contributed by atoms with Crippen molar-refractivity contribution in [3.63, 3.8) is 0 Å².